The third kappa shape index (κ3) is 5.83. The highest BCUT2D eigenvalue weighted by atomic mass is 32.1. The second-order valence-electron chi connectivity index (χ2n) is 8.36. The number of benzene rings is 3. The van der Waals surface area contributed by atoms with Crippen LogP contribution in [0.1, 0.15) is 42.4 Å². The molecule has 0 fully saturated rings. The minimum Gasteiger partial charge on any atom is -0.481 e. The summed E-state index contributed by atoms with van der Waals surface area (Å²) in [5.41, 5.74) is 4.77. The smallest absolute Gasteiger partial charge is 0.303 e. The molecule has 0 spiro atoms. The molecule has 1 amide bonds. The van der Waals surface area contributed by atoms with Crippen molar-refractivity contribution < 1.29 is 14.7 Å². The van der Waals surface area contributed by atoms with Gasteiger partial charge in [0.05, 0.1) is 5.92 Å². The largest absolute Gasteiger partial charge is 0.481 e. The van der Waals surface area contributed by atoms with E-state index in [-0.39, 0.29) is 18.2 Å². The van der Waals surface area contributed by atoms with Crippen LogP contribution in [0.5, 0.6) is 0 Å². The molecule has 3 aromatic carbocycles. The highest BCUT2D eigenvalue weighted by Gasteiger charge is 2.20. The lowest BCUT2D eigenvalue weighted by Crippen LogP contribution is -2.20. The molecule has 0 radical (unpaired) electrons. The summed E-state index contributed by atoms with van der Waals surface area (Å²) in [5.74, 6) is -1.20. The summed E-state index contributed by atoms with van der Waals surface area (Å²) in [6.45, 7) is 2.54. The van der Waals surface area contributed by atoms with E-state index in [1.807, 2.05) is 67.6 Å². The lowest BCUT2D eigenvalue weighted by atomic mass is 9.98. The number of rotatable bonds is 10. The van der Waals surface area contributed by atoms with Crippen LogP contribution in [0.3, 0.4) is 0 Å². The Morgan fingerprint density at radius 2 is 1.76 bits per heavy atom. The number of fused-ring (bicyclic) bond motifs is 1. The number of hydrogen-bond acceptors (Lipinski definition) is 4. The van der Waals surface area contributed by atoms with Crippen molar-refractivity contribution in [3.63, 3.8) is 0 Å². The predicted molar refractivity (Wildman–Crippen MR) is 140 cm³/mol. The number of carbonyl (C=O) groups excluding carboxylic acids is 1. The summed E-state index contributed by atoms with van der Waals surface area (Å²) in [4.78, 5) is 24.2. The van der Waals surface area contributed by atoms with Crippen molar-refractivity contribution in [3.8, 4) is 0 Å². The summed E-state index contributed by atoms with van der Waals surface area (Å²) >= 11 is 1.65. The summed E-state index contributed by atoms with van der Waals surface area (Å²) in [6.07, 6.45) is 1.20. The third-order valence-electron chi connectivity index (χ3n) is 5.91. The Morgan fingerprint density at radius 1 is 1.00 bits per heavy atom. The molecule has 1 heterocycles. The molecule has 3 N–H and O–H groups in total. The number of para-hydroxylation sites is 1. The SMILES string of the molecule is CC(C(=O)Nc1cc(CNc2ccccc2)ccc1CCCC(=O)O)c1csc2ccccc12. The third-order valence-corrected chi connectivity index (χ3v) is 6.89. The van der Waals surface area contributed by atoms with E-state index in [1.165, 1.54) is 4.70 Å². The van der Waals surface area contributed by atoms with Crippen molar-refractivity contribution in [3.05, 3.63) is 94.9 Å². The lowest BCUT2D eigenvalue weighted by molar-refractivity contribution is -0.137. The van der Waals surface area contributed by atoms with Gasteiger partial charge in [-0.25, -0.2) is 0 Å². The molecule has 0 aliphatic heterocycles. The maximum Gasteiger partial charge on any atom is 0.303 e. The highest BCUT2D eigenvalue weighted by molar-refractivity contribution is 7.17. The quantitative estimate of drug-likeness (QED) is 0.241. The van der Waals surface area contributed by atoms with E-state index in [2.05, 4.69) is 28.1 Å². The molecule has 4 aromatic rings. The maximum absolute atomic E-state index is 13.3. The van der Waals surface area contributed by atoms with Gasteiger partial charge < -0.3 is 15.7 Å². The van der Waals surface area contributed by atoms with Crippen LogP contribution in [-0.4, -0.2) is 17.0 Å². The fourth-order valence-electron chi connectivity index (χ4n) is 3.97. The first-order chi connectivity index (χ1) is 16.5. The molecule has 0 aliphatic carbocycles. The fourth-order valence-corrected chi connectivity index (χ4v) is 5.03. The normalized spacial score (nSPS) is 11.8. The van der Waals surface area contributed by atoms with Gasteiger partial charge in [-0.05, 0) is 71.5 Å². The Morgan fingerprint density at radius 3 is 2.56 bits per heavy atom. The topological polar surface area (TPSA) is 78.4 Å². The molecular formula is C28H28N2O3S. The maximum atomic E-state index is 13.3. The molecule has 34 heavy (non-hydrogen) atoms. The van der Waals surface area contributed by atoms with E-state index < -0.39 is 5.97 Å². The van der Waals surface area contributed by atoms with Crippen molar-refractivity contribution in [2.75, 3.05) is 10.6 Å². The number of amides is 1. The standard InChI is InChI=1S/C28H28N2O3S/c1-19(24-18-34-26-12-6-5-11-23(24)26)28(33)30-25-16-20(17-29-22-9-3-2-4-10-22)14-15-21(25)8-7-13-27(31)32/h2-6,9-12,14-16,18-19,29H,7-8,13,17H2,1H3,(H,30,33)(H,31,32). The number of nitrogens with one attached hydrogen (secondary N) is 2. The van der Waals surface area contributed by atoms with E-state index in [4.69, 9.17) is 5.11 Å². The Bertz CT molecular complexity index is 1280. The molecule has 0 saturated heterocycles. The second kappa shape index (κ2) is 11.0. The zero-order valence-electron chi connectivity index (χ0n) is 19.1. The van der Waals surface area contributed by atoms with Crippen LogP contribution in [0.4, 0.5) is 11.4 Å². The van der Waals surface area contributed by atoms with E-state index in [9.17, 15) is 9.59 Å². The molecule has 174 valence electrons. The van der Waals surface area contributed by atoms with Gasteiger partial charge in [-0.3, -0.25) is 9.59 Å². The summed E-state index contributed by atoms with van der Waals surface area (Å²) in [7, 11) is 0. The molecule has 1 atom stereocenters. The van der Waals surface area contributed by atoms with Gasteiger partial charge in [0.25, 0.3) is 0 Å². The second-order valence-corrected chi connectivity index (χ2v) is 9.27. The van der Waals surface area contributed by atoms with Gasteiger partial charge in [0.15, 0.2) is 0 Å². The number of aliphatic carboxylic acids is 1. The van der Waals surface area contributed by atoms with Gasteiger partial charge in [-0.2, -0.15) is 0 Å². The zero-order valence-corrected chi connectivity index (χ0v) is 19.9. The van der Waals surface area contributed by atoms with Crippen molar-refractivity contribution in [2.45, 2.75) is 38.6 Å². The van der Waals surface area contributed by atoms with Crippen molar-refractivity contribution in [2.24, 2.45) is 0 Å². The monoisotopic (exact) mass is 472 g/mol. The summed E-state index contributed by atoms with van der Waals surface area (Å²) in [6, 6.07) is 24.1. The minimum atomic E-state index is -0.813. The number of anilines is 2. The predicted octanol–water partition coefficient (Wildman–Crippen LogP) is 6.66. The van der Waals surface area contributed by atoms with Crippen molar-refractivity contribution in [1.29, 1.82) is 0 Å². The van der Waals surface area contributed by atoms with Crippen LogP contribution in [0.2, 0.25) is 0 Å². The van der Waals surface area contributed by atoms with Crippen LogP contribution in [0, 0.1) is 0 Å². The van der Waals surface area contributed by atoms with Gasteiger partial charge in [0.1, 0.15) is 0 Å². The van der Waals surface area contributed by atoms with Crippen LogP contribution in [0.15, 0.2) is 78.2 Å². The fraction of sp³-hybridized carbons (Fsp3) is 0.214. The van der Waals surface area contributed by atoms with Crippen molar-refractivity contribution >= 4 is 44.7 Å². The van der Waals surface area contributed by atoms with E-state index in [1.54, 1.807) is 11.3 Å². The van der Waals surface area contributed by atoms with E-state index in [0.717, 1.165) is 33.5 Å². The first-order valence-electron chi connectivity index (χ1n) is 11.4. The molecule has 0 bridgehead atoms. The number of thiophene rings is 1. The Kier molecular flexibility index (Phi) is 7.60. The van der Waals surface area contributed by atoms with Gasteiger partial charge in [-0.15, -0.1) is 11.3 Å². The molecule has 1 unspecified atom stereocenters. The average Bonchev–Trinajstić information content (AvgIpc) is 3.28. The molecule has 1 aromatic heterocycles. The van der Waals surface area contributed by atoms with Gasteiger partial charge in [0, 0.05) is 29.0 Å². The molecular weight excluding hydrogens is 444 g/mol. The van der Waals surface area contributed by atoms with Crippen LogP contribution in [-0.2, 0) is 22.6 Å². The van der Waals surface area contributed by atoms with Gasteiger partial charge in [-0.1, -0.05) is 48.5 Å². The average molecular weight is 473 g/mol. The van der Waals surface area contributed by atoms with Crippen LogP contribution < -0.4 is 10.6 Å². The van der Waals surface area contributed by atoms with E-state index >= 15 is 0 Å². The lowest BCUT2D eigenvalue weighted by Gasteiger charge is -2.17. The summed E-state index contributed by atoms with van der Waals surface area (Å²) in [5, 5.41) is 18.7. The Labute approximate surface area is 203 Å². The molecule has 0 saturated carbocycles. The minimum absolute atomic E-state index is 0.0730. The number of hydrogen-bond donors (Lipinski definition) is 3. The van der Waals surface area contributed by atoms with Crippen LogP contribution in [0.25, 0.3) is 10.1 Å². The number of aryl methyl sites for hydroxylation is 1. The molecule has 4 rings (SSSR count). The van der Waals surface area contributed by atoms with Crippen LogP contribution >= 0.6 is 11.3 Å². The van der Waals surface area contributed by atoms with E-state index in [0.29, 0.717) is 19.4 Å². The van der Waals surface area contributed by atoms with Gasteiger partial charge in [0.2, 0.25) is 5.91 Å². The first kappa shape index (κ1) is 23.5. The summed E-state index contributed by atoms with van der Waals surface area (Å²) < 4.78 is 1.17. The Balaban J connectivity index is 1.53. The molecule has 6 heteroatoms. The molecule has 5 nitrogen and oxygen atoms in total. The van der Waals surface area contributed by atoms with Crippen molar-refractivity contribution in [1.82, 2.24) is 0 Å². The molecule has 0 aliphatic rings. The number of carboxylic acid groups (broad SMARTS) is 1. The number of carbonyl (C=O) groups is 2. The Hall–Kier alpha value is -3.64. The zero-order chi connectivity index (χ0) is 23.9. The first-order valence-corrected chi connectivity index (χ1v) is 12.3. The van der Waals surface area contributed by atoms with Gasteiger partial charge >= 0.3 is 5.97 Å². The number of carboxylic acids is 1. The highest BCUT2D eigenvalue weighted by Crippen LogP contribution is 2.32.